The van der Waals surface area contributed by atoms with Crippen molar-refractivity contribution in [2.45, 2.75) is 6.42 Å². The van der Waals surface area contributed by atoms with Crippen molar-refractivity contribution in [2.75, 3.05) is 21.3 Å². The fraction of sp³-hybridized carbons (Fsp3) is 0.312. The molecule has 0 saturated carbocycles. The third-order valence-corrected chi connectivity index (χ3v) is 2.83. The zero-order valence-electron chi connectivity index (χ0n) is 13.7. The number of hydrogen-bond donors (Lipinski definition) is 0. The second-order valence-corrected chi connectivity index (χ2v) is 4.28. The Kier molecular flexibility index (Phi) is 9.34. The Morgan fingerprint density at radius 1 is 1.04 bits per heavy atom. The third kappa shape index (κ3) is 6.53. The number of carbonyl (C=O) groups excluding carboxylic acids is 3. The normalized spacial score (nSPS) is 11.9. The quantitative estimate of drug-likeness (QED) is 0.162. The number of esters is 3. The fourth-order valence-electron chi connectivity index (χ4n) is 1.56. The van der Waals surface area contributed by atoms with Gasteiger partial charge in [-0.05, 0) is 17.7 Å². The van der Waals surface area contributed by atoms with E-state index in [4.69, 9.17) is 10.7 Å². The molecule has 0 aliphatic heterocycles. The molecule has 0 spiro atoms. The van der Waals surface area contributed by atoms with Crippen LogP contribution in [-0.2, 0) is 28.6 Å². The summed E-state index contributed by atoms with van der Waals surface area (Å²) in [5, 5.41) is 27.3. The molecule has 0 radical (unpaired) electrons. The van der Waals surface area contributed by atoms with Gasteiger partial charge < -0.3 is 19.6 Å². The molecule has 0 N–H and O–H groups in total. The highest BCUT2D eigenvalue weighted by molar-refractivity contribution is 6.02. The number of nitrogens with zero attached hydrogens (tertiary/aromatic N) is 3. The molecule has 1 atom stereocenters. The molecular formula is C16H14N3O6-. The molecule has 0 heterocycles. The van der Waals surface area contributed by atoms with E-state index in [0.717, 1.165) is 33.5 Å². The van der Waals surface area contributed by atoms with E-state index < -0.39 is 41.4 Å². The lowest BCUT2D eigenvalue weighted by molar-refractivity contribution is -0.141. The van der Waals surface area contributed by atoms with Gasteiger partial charge in [0.1, 0.15) is 11.6 Å². The van der Waals surface area contributed by atoms with Crippen molar-refractivity contribution in [3.8, 4) is 12.1 Å². The zero-order chi connectivity index (χ0) is 19.4. The van der Waals surface area contributed by atoms with Crippen LogP contribution in [0.5, 0.6) is 0 Å². The number of hydrogen-bond acceptors (Lipinski definition) is 8. The first-order valence-corrected chi connectivity index (χ1v) is 6.61. The van der Waals surface area contributed by atoms with Crippen LogP contribution in [0.4, 0.5) is 0 Å². The molecule has 9 heteroatoms. The van der Waals surface area contributed by atoms with Gasteiger partial charge >= 0.3 is 17.9 Å². The molecule has 0 aromatic heterocycles. The molecule has 130 valence electrons. The minimum atomic E-state index is -1.19. The second kappa shape index (κ2) is 10.9. The Hall–Kier alpha value is -3.68. The molecule has 0 rings (SSSR count). The van der Waals surface area contributed by atoms with Gasteiger partial charge in [-0.3, -0.25) is 10.7 Å². The number of methoxy groups -OCH3 is 3. The van der Waals surface area contributed by atoms with E-state index in [-0.39, 0.29) is 5.57 Å². The van der Waals surface area contributed by atoms with Crippen LogP contribution in [0.15, 0.2) is 28.9 Å². The average Bonchev–Trinajstić information content (AvgIpc) is 2.65. The molecule has 0 saturated heterocycles. The molecule has 0 aromatic carbocycles. The minimum absolute atomic E-state index is 0.100. The van der Waals surface area contributed by atoms with Gasteiger partial charge in [0.05, 0.1) is 45.3 Å². The van der Waals surface area contributed by atoms with Gasteiger partial charge in [-0.2, -0.15) is 10.5 Å². The molecule has 0 bridgehead atoms. The minimum Gasteiger partial charge on any atom is -0.763 e. The summed E-state index contributed by atoms with van der Waals surface area (Å²) < 4.78 is 13.3. The second-order valence-electron chi connectivity index (χ2n) is 4.28. The van der Waals surface area contributed by atoms with Gasteiger partial charge in [0.25, 0.3) is 0 Å². The molecule has 0 amide bonds. The van der Waals surface area contributed by atoms with E-state index in [0.29, 0.717) is 0 Å². The monoisotopic (exact) mass is 344 g/mol. The van der Waals surface area contributed by atoms with E-state index in [1.807, 2.05) is 0 Å². The van der Waals surface area contributed by atoms with Crippen LogP contribution in [-0.4, -0.2) is 45.1 Å². The van der Waals surface area contributed by atoms with Crippen LogP contribution >= 0.6 is 0 Å². The molecule has 0 aliphatic rings. The van der Waals surface area contributed by atoms with Crippen molar-refractivity contribution in [1.29, 1.82) is 10.5 Å². The topological polar surface area (TPSA) is 149 Å². The standard InChI is InChI=1S/C16H14N3O6/c1-23-14(20)6-11(7-17)10(4-12(8-18)15(21)24-2)5-13(9-19)16(22)25-3/h4-5,11H,6H2,1-3H3/q-1/b10-4-,13-5+/t11-/m1/s1. The van der Waals surface area contributed by atoms with E-state index in [2.05, 4.69) is 14.2 Å². The molecule has 0 unspecified atom stereocenters. The summed E-state index contributed by atoms with van der Waals surface area (Å²) in [7, 11) is 3.22. The number of allylic oxidation sites excluding steroid dienone is 2. The highest BCUT2D eigenvalue weighted by Crippen LogP contribution is 2.21. The summed E-state index contributed by atoms with van der Waals surface area (Å²) in [6.07, 6.45) is 1.50. The Bertz CT molecular complexity index is 745. The first-order chi connectivity index (χ1) is 11.9. The van der Waals surface area contributed by atoms with E-state index in [1.54, 1.807) is 18.0 Å². The van der Waals surface area contributed by atoms with Crippen LogP contribution in [0, 0.1) is 28.6 Å². The molecule has 9 nitrogen and oxygen atoms in total. The van der Waals surface area contributed by atoms with Gasteiger partial charge in [-0.1, -0.05) is 0 Å². The Labute approximate surface area is 143 Å². The van der Waals surface area contributed by atoms with Crippen molar-refractivity contribution in [3.05, 3.63) is 34.3 Å². The zero-order valence-corrected chi connectivity index (χ0v) is 13.7. The molecule has 0 aliphatic carbocycles. The maximum absolute atomic E-state index is 11.5. The van der Waals surface area contributed by atoms with Crippen molar-refractivity contribution in [3.63, 3.8) is 0 Å². The lowest BCUT2D eigenvalue weighted by atomic mass is 9.93. The summed E-state index contributed by atoms with van der Waals surface area (Å²) in [5.41, 5.74) is -1.07. The van der Waals surface area contributed by atoms with Gasteiger partial charge in [0, 0.05) is 0 Å². The molecular weight excluding hydrogens is 330 g/mol. The molecule has 0 fully saturated rings. The highest BCUT2D eigenvalue weighted by Gasteiger charge is 2.21. The predicted molar refractivity (Wildman–Crippen MR) is 83.4 cm³/mol. The first kappa shape index (κ1) is 21.3. The third-order valence-electron chi connectivity index (χ3n) is 2.83. The van der Waals surface area contributed by atoms with Crippen LogP contribution in [0.2, 0.25) is 0 Å². The Morgan fingerprint density at radius 2 is 1.64 bits per heavy atom. The van der Waals surface area contributed by atoms with Crippen LogP contribution < -0.4 is 0 Å². The van der Waals surface area contributed by atoms with Crippen LogP contribution in [0.3, 0.4) is 0 Å². The van der Waals surface area contributed by atoms with Gasteiger partial charge in [0.2, 0.25) is 0 Å². The SMILES string of the molecule is COC(=O)C[C@H](C#N)C(=C\C(=C=[N-])C(=O)OC)/C=C(\C#N)C(=O)OC. The highest BCUT2D eigenvalue weighted by atomic mass is 16.5. The predicted octanol–water partition coefficient (Wildman–Crippen LogP) is 0.577. The van der Waals surface area contributed by atoms with Crippen LogP contribution in [0.1, 0.15) is 6.42 Å². The number of carbonyl (C=O) groups is 3. The summed E-state index contributed by atoms with van der Waals surface area (Å²) in [4.78, 5) is 34.5. The maximum atomic E-state index is 11.5. The Morgan fingerprint density at radius 3 is 2.04 bits per heavy atom. The number of ether oxygens (including phenoxy) is 3. The van der Waals surface area contributed by atoms with E-state index in [1.165, 1.54) is 0 Å². The lowest BCUT2D eigenvalue weighted by Gasteiger charge is -2.11. The number of nitriles is 2. The van der Waals surface area contributed by atoms with Crippen LogP contribution in [0.25, 0.3) is 5.41 Å². The summed E-state index contributed by atoms with van der Waals surface area (Å²) in [5.74, 6) is -2.32. The first-order valence-electron chi connectivity index (χ1n) is 6.61. The summed E-state index contributed by atoms with van der Waals surface area (Å²) in [6.45, 7) is 0. The fourth-order valence-corrected chi connectivity index (χ4v) is 1.56. The largest absolute Gasteiger partial charge is 0.763 e. The summed E-state index contributed by atoms with van der Waals surface area (Å²) in [6, 6.07) is 3.37. The van der Waals surface area contributed by atoms with Crippen molar-refractivity contribution in [1.82, 2.24) is 0 Å². The smallest absolute Gasteiger partial charge is 0.348 e. The number of rotatable bonds is 7. The van der Waals surface area contributed by atoms with E-state index >= 15 is 0 Å². The maximum Gasteiger partial charge on any atom is 0.348 e. The van der Waals surface area contributed by atoms with Gasteiger partial charge in [-0.25, -0.2) is 9.59 Å². The van der Waals surface area contributed by atoms with Crippen molar-refractivity contribution >= 4 is 23.8 Å². The van der Waals surface area contributed by atoms with E-state index in [9.17, 15) is 19.6 Å². The summed E-state index contributed by atoms with van der Waals surface area (Å²) >= 11 is 0. The molecule has 25 heavy (non-hydrogen) atoms. The molecule has 0 aromatic rings. The van der Waals surface area contributed by atoms with Crippen molar-refractivity contribution in [2.24, 2.45) is 5.92 Å². The van der Waals surface area contributed by atoms with Gasteiger partial charge in [0.15, 0.2) is 0 Å². The average molecular weight is 344 g/mol. The van der Waals surface area contributed by atoms with Gasteiger partial charge in [-0.15, -0.1) is 0 Å². The lowest BCUT2D eigenvalue weighted by Crippen LogP contribution is -2.13. The van der Waals surface area contributed by atoms with Crippen molar-refractivity contribution < 1.29 is 28.6 Å². The Balaban J connectivity index is 6.27.